The lowest BCUT2D eigenvalue weighted by Gasteiger charge is -2.36. The number of carbonyl (C=O) groups excluding carboxylic acids is 1. The Kier molecular flexibility index (Phi) is 4.74. The zero-order chi connectivity index (χ0) is 22.6. The number of hydrogen-bond acceptors (Lipinski definition) is 6. The Morgan fingerprint density at radius 3 is 2.97 bits per heavy atom. The molecule has 9 nitrogen and oxygen atoms in total. The van der Waals surface area contributed by atoms with Gasteiger partial charge in [0.2, 0.25) is 0 Å². The van der Waals surface area contributed by atoms with Crippen molar-refractivity contribution in [2.45, 2.75) is 45.2 Å². The van der Waals surface area contributed by atoms with Crippen LogP contribution in [0.15, 0.2) is 30.7 Å². The molecule has 1 unspecified atom stereocenters. The van der Waals surface area contributed by atoms with E-state index in [1.165, 1.54) is 4.52 Å². The summed E-state index contributed by atoms with van der Waals surface area (Å²) in [5, 5.41) is 16.1. The molecule has 1 fully saturated rings. The van der Waals surface area contributed by atoms with Crippen molar-refractivity contribution in [2.24, 2.45) is 0 Å². The molecule has 0 bridgehead atoms. The fourth-order valence-corrected chi connectivity index (χ4v) is 4.95. The van der Waals surface area contributed by atoms with E-state index < -0.39 is 0 Å². The Morgan fingerprint density at radius 1 is 1.41 bits per heavy atom. The molecule has 1 amide bonds. The third-order valence-corrected chi connectivity index (χ3v) is 6.64. The van der Waals surface area contributed by atoms with E-state index in [0.29, 0.717) is 10.7 Å². The number of nitrogens with zero attached hydrogens (tertiary/aromatic N) is 5. The number of carbonyl (C=O) groups is 1. The van der Waals surface area contributed by atoms with Crippen LogP contribution in [-0.4, -0.2) is 42.8 Å². The highest BCUT2D eigenvalue weighted by molar-refractivity contribution is 6.36. The highest BCUT2D eigenvalue weighted by atomic mass is 35.5. The molecule has 166 valence electrons. The minimum atomic E-state index is -0.350. The quantitative estimate of drug-likeness (QED) is 0.434. The highest BCUT2D eigenvalue weighted by Crippen LogP contribution is 2.43. The second-order valence-electron chi connectivity index (χ2n) is 8.87. The molecule has 1 aliphatic rings. The first-order valence-corrected chi connectivity index (χ1v) is 11.0. The second-order valence-corrected chi connectivity index (χ2v) is 9.27. The molecule has 4 N–H and O–H groups in total. The zero-order valence-corrected chi connectivity index (χ0v) is 18.9. The van der Waals surface area contributed by atoms with Gasteiger partial charge in [-0.1, -0.05) is 11.6 Å². The van der Waals surface area contributed by atoms with Crippen molar-refractivity contribution in [3.8, 4) is 0 Å². The van der Waals surface area contributed by atoms with Gasteiger partial charge in [0.05, 0.1) is 28.5 Å². The van der Waals surface area contributed by atoms with Crippen LogP contribution in [0.2, 0.25) is 5.02 Å². The normalized spacial score (nSPS) is 16.7. The summed E-state index contributed by atoms with van der Waals surface area (Å²) in [6.07, 6.45) is 7.23. The van der Waals surface area contributed by atoms with Crippen molar-refractivity contribution >= 4 is 45.6 Å². The molecule has 5 rings (SSSR count). The maximum Gasteiger partial charge on any atom is 0.259 e. The summed E-state index contributed by atoms with van der Waals surface area (Å²) in [4.78, 5) is 19.9. The Morgan fingerprint density at radius 2 is 2.22 bits per heavy atom. The van der Waals surface area contributed by atoms with Gasteiger partial charge >= 0.3 is 0 Å². The molecule has 1 saturated heterocycles. The number of rotatable bonds is 4. The van der Waals surface area contributed by atoms with Crippen LogP contribution in [0.4, 0.5) is 11.5 Å². The summed E-state index contributed by atoms with van der Waals surface area (Å²) in [5.41, 5.74) is 9.50. The van der Waals surface area contributed by atoms with Gasteiger partial charge in [0.15, 0.2) is 11.5 Å². The summed E-state index contributed by atoms with van der Waals surface area (Å²) in [6.45, 7) is 7.32. The van der Waals surface area contributed by atoms with Gasteiger partial charge in [0.1, 0.15) is 5.56 Å². The smallest absolute Gasteiger partial charge is 0.259 e. The molecule has 3 aromatic heterocycles. The lowest BCUT2D eigenvalue weighted by molar-refractivity contribution is 0.0942. The van der Waals surface area contributed by atoms with Crippen LogP contribution in [0.3, 0.4) is 0 Å². The van der Waals surface area contributed by atoms with Crippen LogP contribution in [0.1, 0.15) is 55.6 Å². The molecule has 0 aliphatic carbocycles. The van der Waals surface area contributed by atoms with Gasteiger partial charge in [-0.3, -0.25) is 9.89 Å². The van der Waals surface area contributed by atoms with Crippen molar-refractivity contribution in [2.75, 3.05) is 17.2 Å². The fourth-order valence-electron chi connectivity index (χ4n) is 4.69. The summed E-state index contributed by atoms with van der Waals surface area (Å²) in [5.74, 6) is -0.201. The van der Waals surface area contributed by atoms with Crippen LogP contribution in [0.25, 0.3) is 16.6 Å². The molecular formula is C22H25ClN8O. The number of nitrogen functional groups attached to an aromatic ring is 1. The van der Waals surface area contributed by atoms with Gasteiger partial charge in [-0.25, -0.2) is 9.50 Å². The molecule has 1 atom stereocenters. The van der Waals surface area contributed by atoms with Gasteiger partial charge in [-0.15, -0.1) is 5.10 Å². The maximum atomic E-state index is 13.2. The molecule has 0 saturated carbocycles. The summed E-state index contributed by atoms with van der Waals surface area (Å²) >= 11 is 6.60. The highest BCUT2D eigenvalue weighted by Gasteiger charge is 2.36. The van der Waals surface area contributed by atoms with E-state index in [-0.39, 0.29) is 28.9 Å². The van der Waals surface area contributed by atoms with E-state index >= 15 is 0 Å². The number of nitrogens with one attached hydrogen (secondary N) is 2. The predicted molar refractivity (Wildman–Crippen MR) is 125 cm³/mol. The van der Waals surface area contributed by atoms with E-state index in [9.17, 15) is 4.79 Å². The number of H-pyrrole nitrogens is 1. The number of halogens is 1. The van der Waals surface area contributed by atoms with E-state index in [1.807, 2.05) is 13.0 Å². The molecule has 4 aromatic rings. The minimum Gasteiger partial charge on any atom is -0.381 e. The van der Waals surface area contributed by atoms with Crippen molar-refractivity contribution in [1.82, 2.24) is 30.1 Å². The SMILES string of the molecule is CC(NC(=O)c1c(N)nn2cccnc12)c1cc(Cl)c2cn[nH]c2c1N1CCCC1(C)C. The largest absolute Gasteiger partial charge is 0.381 e. The monoisotopic (exact) mass is 452 g/mol. The van der Waals surface area contributed by atoms with Crippen LogP contribution in [0, 0.1) is 0 Å². The van der Waals surface area contributed by atoms with E-state index in [0.717, 1.165) is 41.5 Å². The van der Waals surface area contributed by atoms with Gasteiger partial charge in [-0.2, -0.15) is 5.10 Å². The van der Waals surface area contributed by atoms with Crippen LogP contribution >= 0.6 is 11.6 Å². The van der Waals surface area contributed by atoms with Crippen molar-refractivity contribution in [3.63, 3.8) is 0 Å². The Balaban J connectivity index is 1.57. The molecule has 32 heavy (non-hydrogen) atoms. The molecule has 1 aliphatic heterocycles. The van der Waals surface area contributed by atoms with Gasteiger partial charge in [-0.05, 0) is 45.7 Å². The minimum absolute atomic E-state index is 0.0266. The van der Waals surface area contributed by atoms with Crippen molar-refractivity contribution in [3.05, 3.63) is 46.9 Å². The standard InChI is InChI=1S/C22H25ClN8O/c1-12(27-21(32)16-19(24)29-31-9-5-7-25-20(16)31)13-10-15(23)14-11-26-28-17(14)18(13)30-8-4-6-22(30,2)3/h5,7,9-12H,4,6,8H2,1-3H3,(H2,24,29)(H,26,28)(H,27,32). The molecular weight excluding hydrogens is 428 g/mol. The Hall–Kier alpha value is -3.33. The van der Waals surface area contributed by atoms with Crippen molar-refractivity contribution in [1.29, 1.82) is 0 Å². The molecule has 0 spiro atoms. The summed E-state index contributed by atoms with van der Waals surface area (Å²) in [7, 11) is 0. The third kappa shape index (κ3) is 3.15. The van der Waals surface area contributed by atoms with E-state index in [2.05, 4.69) is 44.3 Å². The Labute approximate surface area is 189 Å². The van der Waals surface area contributed by atoms with E-state index in [1.54, 1.807) is 24.7 Å². The molecule has 4 heterocycles. The van der Waals surface area contributed by atoms with Gasteiger partial charge < -0.3 is 16.0 Å². The Bertz CT molecular complexity index is 1340. The fraction of sp³-hybridized carbons (Fsp3) is 0.364. The third-order valence-electron chi connectivity index (χ3n) is 6.32. The number of nitrogens with two attached hydrogens (primary N) is 1. The first kappa shape index (κ1) is 20.6. The molecule has 0 radical (unpaired) electrons. The first-order valence-electron chi connectivity index (χ1n) is 10.6. The number of hydrogen-bond donors (Lipinski definition) is 3. The average Bonchev–Trinajstić information content (AvgIpc) is 3.44. The number of amides is 1. The second kappa shape index (κ2) is 7.37. The molecule has 1 aromatic carbocycles. The topological polar surface area (TPSA) is 117 Å². The number of fused-ring (bicyclic) bond motifs is 2. The van der Waals surface area contributed by atoms with Gasteiger partial charge in [0, 0.05) is 35.4 Å². The lowest BCUT2D eigenvalue weighted by Crippen LogP contribution is -2.39. The number of aromatic amines is 1. The first-order chi connectivity index (χ1) is 15.3. The molecule has 10 heteroatoms. The van der Waals surface area contributed by atoms with Crippen LogP contribution in [-0.2, 0) is 0 Å². The van der Waals surface area contributed by atoms with E-state index in [4.69, 9.17) is 17.3 Å². The zero-order valence-electron chi connectivity index (χ0n) is 18.2. The number of aromatic nitrogens is 5. The number of anilines is 2. The summed E-state index contributed by atoms with van der Waals surface area (Å²) in [6, 6.07) is 3.30. The van der Waals surface area contributed by atoms with Crippen molar-refractivity contribution < 1.29 is 4.79 Å². The maximum absolute atomic E-state index is 13.2. The average molecular weight is 453 g/mol. The predicted octanol–water partition coefficient (Wildman–Crippen LogP) is 3.71. The lowest BCUT2D eigenvalue weighted by atomic mass is 9.97. The summed E-state index contributed by atoms with van der Waals surface area (Å²) < 4.78 is 1.50. The van der Waals surface area contributed by atoms with Crippen LogP contribution < -0.4 is 16.0 Å². The van der Waals surface area contributed by atoms with Gasteiger partial charge in [0.25, 0.3) is 5.91 Å². The number of benzene rings is 1. The van der Waals surface area contributed by atoms with Crippen LogP contribution in [0.5, 0.6) is 0 Å².